The smallest absolute Gasteiger partial charge is 0.0471 e. The molecule has 32 heavy (non-hydrogen) atoms. The zero-order valence-electron chi connectivity index (χ0n) is 18.1. The second-order valence-electron chi connectivity index (χ2n) is 8.23. The van der Waals surface area contributed by atoms with Gasteiger partial charge < -0.3 is 15.6 Å². The van der Waals surface area contributed by atoms with Gasteiger partial charge in [0, 0.05) is 46.4 Å². The summed E-state index contributed by atoms with van der Waals surface area (Å²) in [4.78, 5) is 5.75. The van der Waals surface area contributed by atoms with E-state index in [-0.39, 0.29) is 0 Å². The van der Waals surface area contributed by atoms with Crippen LogP contribution in [-0.2, 0) is 0 Å². The first-order valence-electron chi connectivity index (χ1n) is 11.0. The van der Waals surface area contributed by atoms with Gasteiger partial charge in [-0.25, -0.2) is 0 Å². The molecule has 0 saturated carbocycles. The number of fused-ring (bicyclic) bond motifs is 5. The van der Waals surface area contributed by atoms with Crippen LogP contribution >= 0.6 is 0 Å². The lowest BCUT2D eigenvalue weighted by Gasteiger charge is -2.23. The largest absolute Gasteiger partial charge is 0.354 e. The Balaban J connectivity index is 1.72. The predicted molar refractivity (Wildman–Crippen MR) is 138 cm³/mol. The second kappa shape index (κ2) is 8.37. The maximum Gasteiger partial charge on any atom is 0.0471 e. The molecule has 1 aromatic heterocycles. The third-order valence-electron chi connectivity index (χ3n) is 6.29. The van der Waals surface area contributed by atoms with Crippen LogP contribution in [0.1, 0.15) is 24.0 Å². The summed E-state index contributed by atoms with van der Waals surface area (Å²) in [5.41, 5.74) is 14.7. The first kappa shape index (κ1) is 20.1. The van der Waals surface area contributed by atoms with E-state index in [1.54, 1.807) is 0 Å². The van der Waals surface area contributed by atoms with Crippen LogP contribution in [0.5, 0.6) is 0 Å². The van der Waals surface area contributed by atoms with E-state index in [1.807, 2.05) is 18.2 Å². The number of benzene rings is 2. The Morgan fingerprint density at radius 1 is 0.906 bits per heavy atom. The fraction of sp³-hybridized carbons (Fsp3) is 0.103. The molecule has 3 heteroatoms. The van der Waals surface area contributed by atoms with Gasteiger partial charge in [0.1, 0.15) is 0 Å². The van der Waals surface area contributed by atoms with Crippen LogP contribution in [0, 0.1) is 0 Å². The summed E-state index contributed by atoms with van der Waals surface area (Å²) in [6, 6.07) is 12.7. The summed E-state index contributed by atoms with van der Waals surface area (Å²) in [5, 5.41) is 2.42. The Morgan fingerprint density at radius 2 is 1.78 bits per heavy atom. The standard InChI is InChI=1S/C29H27N3/c1-20-7-5-6-17-32(23-12-10-22(19-30)11-13-23)18-16-25-24(21(20)2)14-15-28-29(25)26-8-3-4-9-27(26)31-28/h3-10,12,14-18,31H,1-2,11,13,19,30H2/b7-5-,17-6-,18-16-. The van der Waals surface area contributed by atoms with Crippen molar-refractivity contribution in [2.45, 2.75) is 12.8 Å². The minimum absolute atomic E-state index is 0.619. The van der Waals surface area contributed by atoms with E-state index < -0.39 is 0 Å². The van der Waals surface area contributed by atoms with Gasteiger partial charge in [-0.1, -0.05) is 61.2 Å². The highest BCUT2D eigenvalue weighted by Gasteiger charge is 2.15. The number of rotatable bonds is 2. The van der Waals surface area contributed by atoms with Crippen LogP contribution in [0.3, 0.4) is 0 Å². The van der Waals surface area contributed by atoms with E-state index in [4.69, 9.17) is 5.73 Å². The van der Waals surface area contributed by atoms with Crippen LogP contribution < -0.4 is 5.73 Å². The summed E-state index contributed by atoms with van der Waals surface area (Å²) in [7, 11) is 0. The molecule has 2 aromatic carbocycles. The molecule has 0 amide bonds. The summed E-state index contributed by atoms with van der Waals surface area (Å²) in [6.07, 6.45) is 18.8. The van der Waals surface area contributed by atoms with Gasteiger partial charge >= 0.3 is 0 Å². The lowest BCUT2D eigenvalue weighted by Crippen LogP contribution is -2.13. The number of aromatic amines is 1. The van der Waals surface area contributed by atoms with Crippen LogP contribution in [0.15, 0.2) is 109 Å². The third-order valence-corrected chi connectivity index (χ3v) is 6.29. The highest BCUT2D eigenvalue weighted by molar-refractivity contribution is 6.13. The normalized spacial score (nSPS) is 19.8. The van der Waals surface area contributed by atoms with Crippen molar-refractivity contribution in [2.75, 3.05) is 6.54 Å². The number of H-pyrrole nitrogens is 1. The highest BCUT2D eigenvalue weighted by Crippen LogP contribution is 2.36. The van der Waals surface area contributed by atoms with Crippen molar-refractivity contribution in [1.29, 1.82) is 0 Å². The molecule has 0 atom stereocenters. The third kappa shape index (κ3) is 3.57. The Labute approximate surface area is 188 Å². The van der Waals surface area contributed by atoms with Crippen LogP contribution in [0.2, 0.25) is 0 Å². The van der Waals surface area contributed by atoms with Crippen molar-refractivity contribution in [2.24, 2.45) is 5.73 Å². The minimum Gasteiger partial charge on any atom is -0.354 e. The number of hydrogen-bond acceptors (Lipinski definition) is 2. The fourth-order valence-electron chi connectivity index (χ4n) is 4.44. The maximum atomic E-state index is 5.83. The zero-order valence-corrected chi connectivity index (χ0v) is 18.1. The molecule has 3 nitrogen and oxygen atoms in total. The first-order valence-corrected chi connectivity index (χ1v) is 11.0. The lowest BCUT2D eigenvalue weighted by molar-refractivity contribution is 0.584. The molecule has 0 unspecified atom stereocenters. The Hall–Kier alpha value is -3.82. The highest BCUT2D eigenvalue weighted by atomic mass is 15.1. The molecule has 158 valence electrons. The predicted octanol–water partition coefficient (Wildman–Crippen LogP) is 6.81. The summed E-state index contributed by atoms with van der Waals surface area (Å²) >= 11 is 0. The number of nitrogens with two attached hydrogens (primary N) is 1. The van der Waals surface area contributed by atoms with Gasteiger partial charge in [0.25, 0.3) is 0 Å². The molecule has 1 aliphatic heterocycles. The minimum atomic E-state index is 0.619. The number of nitrogens with zero attached hydrogens (tertiary/aromatic N) is 1. The van der Waals surface area contributed by atoms with Crippen molar-refractivity contribution in [3.05, 3.63) is 120 Å². The van der Waals surface area contributed by atoms with Gasteiger partial charge in [0.15, 0.2) is 0 Å². The molecule has 0 saturated heterocycles. The lowest BCUT2D eigenvalue weighted by atomic mass is 9.92. The Kier molecular flexibility index (Phi) is 5.26. The van der Waals surface area contributed by atoms with Crippen molar-refractivity contribution in [3.63, 3.8) is 0 Å². The van der Waals surface area contributed by atoms with Crippen molar-refractivity contribution < 1.29 is 0 Å². The molecule has 0 spiro atoms. The van der Waals surface area contributed by atoms with Crippen LogP contribution in [-0.4, -0.2) is 16.4 Å². The molecule has 1 aliphatic carbocycles. The number of para-hydroxylation sites is 1. The second-order valence-corrected chi connectivity index (χ2v) is 8.23. The van der Waals surface area contributed by atoms with Gasteiger partial charge in [-0.15, -0.1) is 0 Å². The van der Waals surface area contributed by atoms with E-state index >= 15 is 0 Å². The number of allylic oxidation sites excluding steroid dienone is 8. The topological polar surface area (TPSA) is 45.0 Å². The van der Waals surface area contributed by atoms with Crippen molar-refractivity contribution in [1.82, 2.24) is 9.88 Å². The molecular formula is C29H27N3. The van der Waals surface area contributed by atoms with E-state index in [0.29, 0.717) is 6.54 Å². The Morgan fingerprint density at radius 3 is 2.59 bits per heavy atom. The molecule has 0 fully saturated rings. The summed E-state index contributed by atoms with van der Waals surface area (Å²) in [6.45, 7) is 9.25. The molecule has 0 bridgehead atoms. The molecule has 3 N–H and O–H groups in total. The monoisotopic (exact) mass is 417 g/mol. The first-order chi connectivity index (χ1) is 15.7. The van der Waals surface area contributed by atoms with Crippen molar-refractivity contribution in [3.8, 4) is 0 Å². The average Bonchev–Trinajstić information content (AvgIpc) is 3.20. The number of nitrogens with one attached hydrogen (secondary N) is 1. The molecule has 3 aromatic rings. The summed E-state index contributed by atoms with van der Waals surface area (Å²) < 4.78 is 0. The summed E-state index contributed by atoms with van der Waals surface area (Å²) in [5.74, 6) is 0. The molecule has 2 heterocycles. The quantitative estimate of drug-likeness (QED) is 0.481. The SMILES string of the molecule is C=C1/C=C\C=C/N(C2=CC=C(CN)CC2)/C=C\c2c(ccc3[nH]c4ccccc4c23)C1=C. The fourth-order valence-corrected chi connectivity index (χ4v) is 4.44. The molecular weight excluding hydrogens is 390 g/mol. The van der Waals surface area contributed by atoms with Crippen LogP contribution in [0.4, 0.5) is 0 Å². The van der Waals surface area contributed by atoms with Crippen LogP contribution in [0.25, 0.3) is 33.5 Å². The average molecular weight is 418 g/mol. The van der Waals surface area contributed by atoms with E-state index in [0.717, 1.165) is 46.1 Å². The van der Waals surface area contributed by atoms with E-state index in [1.165, 1.54) is 22.0 Å². The van der Waals surface area contributed by atoms with Gasteiger partial charge in [-0.2, -0.15) is 0 Å². The zero-order chi connectivity index (χ0) is 22.1. The number of hydrogen-bond donors (Lipinski definition) is 2. The molecule has 2 aliphatic rings. The van der Waals surface area contributed by atoms with E-state index in [9.17, 15) is 0 Å². The number of aromatic nitrogens is 1. The molecule has 0 radical (unpaired) electrons. The van der Waals surface area contributed by atoms with Gasteiger partial charge in [-0.3, -0.25) is 0 Å². The van der Waals surface area contributed by atoms with Gasteiger partial charge in [0.05, 0.1) is 0 Å². The maximum absolute atomic E-state index is 5.83. The molecule has 5 rings (SSSR count). The van der Waals surface area contributed by atoms with Gasteiger partial charge in [-0.05, 0) is 65.5 Å². The Bertz CT molecular complexity index is 1390. The van der Waals surface area contributed by atoms with E-state index in [2.05, 4.69) is 90.1 Å². The van der Waals surface area contributed by atoms with Crippen molar-refractivity contribution >= 4 is 33.5 Å². The van der Waals surface area contributed by atoms with Gasteiger partial charge in [0.2, 0.25) is 0 Å².